The summed E-state index contributed by atoms with van der Waals surface area (Å²) in [6.45, 7) is 7.68. The van der Waals surface area contributed by atoms with Gasteiger partial charge in [0.05, 0.1) is 11.2 Å². The van der Waals surface area contributed by atoms with Crippen LogP contribution in [-0.2, 0) is 20.7 Å². The molecular weight excluding hydrogens is 412 g/mol. The Kier molecular flexibility index (Phi) is 7.16. The molecule has 1 aliphatic heterocycles. The standard InChI is InChI=1S/C24H27BFNO5/c1-23(2)24(3,4)32-25(31-23)19(13-20-18(15-28)11-8-12-21(20)26)14-27-22(29)30-16-17-9-6-5-7-10-17/h5-13,15H,14,16H2,1-4H3,(H,27,29). The molecule has 1 saturated heterocycles. The molecule has 0 radical (unpaired) electrons. The van der Waals surface area contributed by atoms with E-state index in [0.29, 0.717) is 11.8 Å². The van der Waals surface area contributed by atoms with Crippen LogP contribution in [-0.4, -0.2) is 37.2 Å². The lowest BCUT2D eigenvalue weighted by Crippen LogP contribution is -2.41. The number of benzene rings is 2. The van der Waals surface area contributed by atoms with Gasteiger partial charge in [-0.15, -0.1) is 0 Å². The zero-order valence-corrected chi connectivity index (χ0v) is 18.7. The molecule has 1 amide bonds. The number of alkyl carbamates (subject to hydrolysis) is 1. The smallest absolute Gasteiger partial charge is 0.445 e. The van der Waals surface area contributed by atoms with Crippen molar-refractivity contribution in [2.75, 3.05) is 6.54 Å². The average Bonchev–Trinajstić information content (AvgIpc) is 2.98. The molecular formula is C24H27BFNO5. The summed E-state index contributed by atoms with van der Waals surface area (Å²) < 4.78 is 31.9. The second-order valence-electron chi connectivity index (χ2n) is 8.58. The third-order valence-corrected chi connectivity index (χ3v) is 5.75. The first-order valence-corrected chi connectivity index (χ1v) is 10.4. The Morgan fingerprint density at radius 3 is 2.34 bits per heavy atom. The normalized spacial score (nSPS) is 17.2. The highest BCUT2D eigenvalue weighted by Gasteiger charge is 2.52. The summed E-state index contributed by atoms with van der Waals surface area (Å²) >= 11 is 0. The van der Waals surface area contributed by atoms with Gasteiger partial charge in [-0.2, -0.15) is 0 Å². The molecule has 0 saturated carbocycles. The molecule has 2 aromatic rings. The highest BCUT2D eigenvalue weighted by atomic mass is 19.1. The van der Waals surface area contributed by atoms with Gasteiger partial charge in [0.25, 0.3) is 0 Å². The number of hydrogen-bond donors (Lipinski definition) is 1. The molecule has 1 aliphatic rings. The van der Waals surface area contributed by atoms with E-state index in [2.05, 4.69) is 5.32 Å². The zero-order valence-electron chi connectivity index (χ0n) is 18.7. The minimum atomic E-state index is -0.839. The fourth-order valence-electron chi connectivity index (χ4n) is 3.14. The van der Waals surface area contributed by atoms with Crippen LogP contribution in [0, 0.1) is 5.82 Å². The van der Waals surface area contributed by atoms with E-state index in [-0.39, 0.29) is 24.3 Å². The van der Waals surface area contributed by atoms with Crippen molar-refractivity contribution in [2.45, 2.75) is 45.5 Å². The molecule has 0 unspecified atom stereocenters. The van der Waals surface area contributed by atoms with Gasteiger partial charge in [0.1, 0.15) is 12.4 Å². The van der Waals surface area contributed by atoms with Crippen molar-refractivity contribution in [1.82, 2.24) is 5.32 Å². The molecule has 0 aliphatic carbocycles. The van der Waals surface area contributed by atoms with E-state index >= 15 is 0 Å². The Morgan fingerprint density at radius 2 is 1.72 bits per heavy atom. The molecule has 1 N–H and O–H groups in total. The van der Waals surface area contributed by atoms with Crippen molar-refractivity contribution in [2.24, 2.45) is 0 Å². The minimum Gasteiger partial charge on any atom is -0.445 e. The minimum absolute atomic E-state index is 0.0168. The third-order valence-electron chi connectivity index (χ3n) is 5.75. The number of nitrogens with one attached hydrogen (secondary N) is 1. The number of hydrogen-bond acceptors (Lipinski definition) is 5. The summed E-state index contributed by atoms with van der Waals surface area (Å²) in [4.78, 5) is 23.7. The van der Waals surface area contributed by atoms with Gasteiger partial charge < -0.3 is 19.4 Å². The predicted octanol–water partition coefficient (Wildman–Crippen LogP) is 4.58. The highest BCUT2D eigenvalue weighted by Crippen LogP contribution is 2.39. The molecule has 1 heterocycles. The lowest BCUT2D eigenvalue weighted by atomic mass is 9.76. The van der Waals surface area contributed by atoms with Crippen molar-refractivity contribution < 1.29 is 28.0 Å². The molecule has 168 valence electrons. The Hall–Kier alpha value is -2.97. The number of amides is 1. The van der Waals surface area contributed by atoms with Gasteiger partial charge in [-0.25, -0.2) is 9.18 Å². The van der Waals surface area contributed by atoms with Gasteiger partial charge in [0, 0.05) is 17.7 Å². The van der Waals surface area contributed by atoms with Crippen LogP contribution in [0.2, 0.25) is 0 Å². The van der Waals surface area contributed by atoms with Gasteiger partial charge in [0.2, 0.25) is 0 Å². The summed E-state index contributed by atoms with van der Waals surface area (Å²) in [6, 6.07) is 13.5. The predicted molar refractivity (Wildman–Crippen MR) is 120 cm³/mol. The van der Waals surface area contributed by atoms with E-state index < -0.39 is 30.2 Å². The monoisotopic (exact) mass is 439 g/mol. The molecule has 0 bridgehead atoms. The fraction of sp³-hybridized carbons (Fsp3) is 0.333. The Morgan fingerprint density at radius 1 is 1.06 bits per heavy atom. The number of carbonyl (C=O) groups is 2. The number of halogens is 1. The lowest BCUT2D eigenvalue weighted by Gasteiger charge is -2.32. The van der Waals surface area contributed by atoms with Crippen molar-refractivity contribution in [3.05, 3.63) is 76.5 Å². The van der Waals surface area contributed by atoms with Gasteiger partial charge in [-0.1, -0.05) is 48.5 Å². The van der Waals surface area contributed by atoms with Crippen LogP contribution in [0.3, 0.4) is 0 Å². The van der Waals surface area contributed by atoms with Crippen LogP contribution >= 0.6 is 0 Å². The van der Waals surface area contributed by atoms with Crippen molar-refractivity contribution >= 4 is 25.6 Å². The molecule has 8 heteroatoms. The summed E-state index contributed by atoms with van der Waals surface area (Å²) in [5, 5.41) is 2.66. The van der Waals surface area contributed by atoms with E-state index in [0.717, 1.165) is 5.56 Å². The molecule has 3 rings (SSSR count). The van der Waals surface area contributed by atoms with Crippen LogP contribution in [0.4, 0.5) is 9.18 Å². The molecule has 0 spiro atoms. The topological polar surface area (TPSA) is 73.9 Å². The quantitative estimate of drug-likeness (QED) is 0.505. The van der Waals surface area contributed by atoms with E-state index in [1.807, 2.05) is 58.0 Å². The van der Waals surface area contributed by atoms with Crippen LogP contribution in [0.15, 0.2) is 54.0 Å². The van der Waals surface area contributed by atoms with Crippen LogP contribution in [0.5, 0.6) is 0 Å². The van der Waals surface area contributed by atoms with Crippen LogP contribution in [0.25, 0.3) is 6.08 Å². The van der Waals surface area contributed by atoms with Crippen LogP contribution < -0.4 is 5.32 Å². The largest absolute Gasteiger partial charge is 0.492 e. The van der Waals surface area contributed by atoms with Crippen molar-refractivity contribution in [3.63, 3.8) is 0 Å². The number of rotatable bonds is 7. The van der Waals surface area contributed by atoms with Crippen molar-refractivity contribution in [1.29, 1.82) is 0 Å². The third kappa shape index (κ3) is 5.44. The number of aldehydes is 1. The van der Waals surface area contributed by atoms with E-state index in [4.69, 9.17) is 14.0 Å². The second-order valence-corrected chi connectivity index (χ2v) is 8.58. The summed E-state index contributed by atoms with van der Waals surface area (Å²) in [6.07, 6.45) is 1.43. The van der Waals surface area contributed by atoms with Crippen LogP contribution in [0.1, 0.15) is 49.2 Å². The fourth-order valence-corrected chi connectivity index (χ4v) is 3.14. The summed E-state index contributed by atoms with van der Waals surface area (Å²) in [5.41, 5.74) is 0.331. The van der Waals surface area contributed by atoms with E-state index in [1.54, 1.807) is 0 Å². The highest BCUT2D eigenvalue weighted by molar-refractivity contribution is 6.56. The second kappa shape index (κ2) is 9.67. The number of ether oxygens (including phenoxy) is 1. The van der Waals surface area contributed by atoms with E-state index in [9.17, 15) is 14.0 Å². The first-order chi connectivity index (χ1) is 15.1. The summed E-state index contributed by atoms with van der Waals surface area (Å²) in [7, 11) is -0.839. The Labute approximate surface area is 187 Å². The van der Waals surface area contributed by atoms with Gasteiger partial charge >= 0.3 is 13.2 Å². The number of carbonyl (C=O) groups excluding carboxylic acids is 2. The molecule has 2 aromatic carbocycles. The van der Waals surface area contributed by atoms with E-state index in [1.165, 1.54) is 24.3 Å². The maximum atomic E-state index is 14.5. The first-order valence-electron chi connectivity index (χ1n) is 10.4. The SMILES string of the molecule is CC1(C)OB(C(=Cc2c(F)cccc2C=O)CNC(=O)OCc2ccccc2)OC1(C)C. The molecule has 0 aromatic heterocycles. The average molecular weight is 439 g/mol. The maximum absolute atomic E-state index is 14.5. The van der Waals surface area contributed by atoms with Crippen molar-refractivity contribution in [3.8, 4) is 0 Å². The first kappa shape index (κ1) is 23.7. The van der Waals surface area contributed by atoms with Gasteiger partial charge in [0.15, 0.2) is 6.29 Å². The zero-order chi connectivity index (χ0) is 23.4. The molecule has 1 fully saturated rings. The molecule has 6 nitrogen and oxygen atoms in total. The molecule has 0 atom stereocenters. The maximum Gasteiger partial charge on any atom is 0.492 e. The Bertz CT molecular complexity index is 991. The lowest BCUT2D eigenvalue weighted by molar-refractivity contribution is 0.00578. The Balaban J connectivity index is 1.80. The summed E-state index contributed by atoms with van der Waals surface area (Å²) in [5.74, 6) is -0.560. The van der Waals surface area contributed by atoms with Gasteiger partial charge in [-0.05, 0) is 44.8 Å². The van der Waals surface area contributed by atoms with Gasteiger partial charge in [-0.3, -0.25) is 4.79 Å². The molecule has 32 heavy (non-hydrogen) atoms.